The number of thiophene rings is 1. The van der Waals surface area contributed by atoms with E-state index in [1.54, 1.807) is 17.5 Å². The molecule has 0 amide bonds. The third kappa shape index (κ3) is 3.61. The Labute approximate surface area is 87.6 Å². The van der Waals surface area contributed by atoms with Crippen molar-refractivity contribution in [2.75, 3.05) is 13.1 Å². The molecule has 0 aliphatic heterocycles. The Bertz CT molecular complexity index is 322. The second-order valence-electron chi connectivity index (χ2n) is 2.12. The van der Waals surface area contributed by atoms with Gasteiger partial charge in [-0.05, 0) is 11.4 Å². The van der Waals surface area contributed by atoms with E-state index in [4.69, 9.17) is 5.73 Å². The highest BCUT2D eigenvalue weighted by Gasteiger charge is 2.12. The summed E-state index contributed by atoms with van der Waals surface area (Å²) in [5, 5.41) is 1.72. The summed E-state index contributed by atoms with van der Waals surface area (Å²) in [5.41, 5.74) is 5.17. The van der Waals surface area contributed by atoms with E-state index in [9.17, 15) is 8.42 Å². The summed E-state index contributed by atoms with van der Waals surface area (Å²) in [5.74, 6) is 0. The maximum Gasteiger partial charge on any atom is 0.250 e. The second kappa shape index (κ2) is 5.56. The van der Waals surface area contributed by atoms with Gasteiger partial charge in [-0.15, -0.1) is 23.7 Å². The lowest BCUT2D eigenvalue weighted by Crippen LogP contribution is -2.28. The predicted molar refractivity (Wildman–Crippen MR) is 55.8 cm³/mol. The highest BCUT2D eigenvalue weighted by molar-refractivity contribution is 7.91. The normalized spacial score (nSPS) is 10.8. The topological polar surface area (TPSA) is 72.2 Å². The van der Waals surface area contributed by atoms with E-state index in [0.717, 1.165) is 0 Å². The first-order valence-electron chi connectivity index (χ1n) is 3.40. The SMILES string of the molecule is Cl.NCCNS(=O)(=O)c1cccs1. The molecule has 0 bridgehead atoms. The minimum absolute atomic E-state index is 0. The van der Waals surface area contributed by atoms with E-state index in [2.05, 4.69) is 4.72 Å². The van der Waals surface area contributed by atoms with Gasteiger partial charge >= 0.3 is 0 Å². The molecule has 0 saturated heterocycles. The van der Waals surface area contributed by atoms with Gasteiger partial charge in [0.2, 0.25) is 10.0 Å². The van der Waals surface area contributed by atoms with Crippen LogP contribution in [0.25, 0.3) is 0 Å². The molecular weight excluding hydrogens is 232 g/mol. The predicted octanol–water partition coefficient (Wildman–Crippen LogP) is 0.407. The van der Waals surface area contributed by atoms with E-state index in [1.165, 1.54) is 11.3 Å². The third-order valence-electron chi connectivity index (χ3n) is 1.20. The molecule has 13 heavy (non-hydrogen) atoms. The van der Waals surface area contributed by atoms with Gasteiger partial charge in [0.25, 0.3) is 0 Å². The van der Waals surface area contributed by atoms with Gasteiger partial charge in [-0.25, -0.2) is 13.1 Å². The number of sulfonamides is 1. The van der Waals surface area contributed by atoms with E-state index in [-0.39, 0.29) is 19.0 Å². The molecule has 0 fully saturated rings. The van der Waals surface area contributed by atoms with Crippen LogP contribution in [0.4, 0.5) is 0 Å². The number of rotatable bonds is 4. The quantitative estimate of drug-likeness (QED) is 0.803. The Balaban J connectivity index is 0.00000144. The molecule has 7 heteroatoms. The summed E-state index contributed by atoms with van der Waals surface area (Å²) in [4.78, 5) is 0. The highest BCUT2D eigenvalue weighted by Crippen LogP contribution is 2.14. The van der Waals surface area contributed by atoms with Crippen LogP contribution in [-0.2, 0) is 10.0 Å². The lowest BCUT2D eigenvalue weighted by molar-refractivity contribution is 0.584. The van der Waals surface area contributed by atoms with Gasteiger partial charge in [-0.2, -0.15) is 0 Å². The molecule has 0 aliphatic rings. The summed E-state index contributed by atoms with van der Waals surface area (Å²) < 4.78 is 25.3. The third-order valence-corrected chi connectivity index (χ3v) is 4.05. The standard InChI is InChI=1S/C6H10N2O2S2.ClH/c7-3-4-8-12(9,10)6-2-1-5-11-6;/h1-2,5,8H,3-4,7H2;1H. The van der Waals surface area contributed by atoms with Crippen LogP contribution in [-0.4, -0.2) is 21.5 Å². The van der Waals surface area contributed by atoms with Gasteiger partial charge in [0, 0.05) is 13.1 Å². The Morgan fingerprint density at radius 3 is 2.69 bits per heavy atom. The van der Waals surface area contributed by atoms with Crippen molar-refractivity contribution in [3.05, 3.63) is 17.5 Å². The highest BCUT2D eigenvalue weighted by atomic mass is 35.5. The van der Waals surface area contributed by atoms with Gasteiger partial charge in [-0.3, -0.25) is 0 Å². The molecule has 0 atom stereocenters. The Morgan fingerprint density at radius 1 is 1.54 bits per heavy atom. The molecule has 0 aliphatic carbocycles. The van der Waals surface area contributed by atoms with Crippen molar-refractivity contribution in [2.24, 2.45) is 5.73 Å². The molecule has 0 aromatic carbocycles. The minimum Gasteiger partial charge on any atom is -0.329 e. The summed E-state index contributed by atoms with van der Waals surface area (Å²) >= 11 is 1.19. The number of nitrogens with two attached hydrogens (primary N) is 1. The molecule has 76 valence electrons. The Morgan fingerprint density at radius 2 is 2.23 bits per heavy atom. The van der Waals surface area contributed by atoms with Gasteiger partial charge in [0.05, 0.1) is 0 Å². The number of hydrogen-bond donors (Lipinski definition) is 2. The van der Waals surface area contributed by atoms with Gasteiger partial charge in [0.15, 0.2) is 0 Å². The van der Waals surface area contributed by atoms with E-state index in [0.29, 0.717) is 10.8 Å². The largest absolute Gasteiger partial charge is 0.329 e. The van der Waals surface area contributed by atoms with E-state index < -0.39 is 10.0 Å². The molecule has 0 radical (unpaired) electrons. The number of hydrogen-bond acceptors (Lipinski definition) is 4. The van der Waals surface area contributed by atoms with Gasteiger partial charge < -0.3 is 5.73 Å². The number of halogens is 1. The lowest BCUT2D eigenvalue weighted by Gasteiger charge is -2.01. The number of nitrogens with one attached hydrogen (secondary N) is 1. The Kier molecular flexibility index (Phi) is 5.50. The lowest BCUT2D eigenvalue weighted by atomic mass is 10.7. The van der Waals surface area contributed by atoms with Crippen LogP contribution < -0.4 is 10.5 Å². The van der Waals surface area contributed by atoms with Gasteiger partial charge in [-0.1, -0.05) is 6.07 Å². The summed E-state index contributed by atoms with van der Waals surface area (Å²) in [6.45, 7) is 0.588. The van der Waals surface area contributed by atoms with Crippen molar-refractivity contribution < 1.29 is 8.42 Å². The first-order valence-corrected chi connectivity index (χ1v) is 5.76. The summed E-state index contributed by atoms with van der Waals surface area (Å²) in [6.07, 6.45) is 0. The zero-order valence-electron chi connectivity index (χ0n) is 6.76. The van der Waals surface area contributed by atoms with Crippen LogP contribution in [0.1, 0.15) is 0 Å². The molecule has 1 aromatic rings. The van der Waals surface area contributed by atoms with Crippen molar-refractivity contribution in [1.29, 1.82) is 0 Å². The van der Waals surface area contributed by atoms with Crippen LogP contribution in [0.15, 0.2) is 21.7 Å². The monoisotopic (exact) mass is 242 g/mol. The zero-order valence-corrected chi connectivity index (χ0v) is 9.21. The molecule has 3 N–H and O–H groups in total. The molecular formula is C6H11ClN2O2S2. The average Bonchev–Trinajstić information content (AvgIpc) is 2.53. The van der Waals surface area contributed by atoms with Crippen molar-refractivity contribution in [1.82, 2.24) is 4.72 Å². The molecule has 1 aromatic heterocycles. The van der Waals surface area contributed by atoms with Gasteiger partial charge in [0.1, 0.15) is 4.21 Å². The molecule has 1 rings (SSSR count). The minimum atomic E-state index is -3.29. The van der Waals surface area contributed by atoms with Crippen LogP contribution in [0.3, 0.4) is 0 Å². The maximum absolute atomic E-state index is 11.3. The van der Waals surface area contributed by atoms with Crippen molar-refractivity contribution in [3.63, 3.8) is 0 Å². The van der Waals surface area contributed by atoms with Crippen molar-refractivity contribution in [3.8, 4) is 0 Å². The van der Waals surface area contributed by atoms with Crippen molar-refractivity contribution in [2.45, 2.75) is 4.21 Å². The van der Waals surface area contributed by atoms with E-state index >= 15 is 0 Å². The average molecular weight is 243 g/mol. The molecule has 0 spiro atoms. The summed E-state index contributed by atoms with van der Waals surface area (Å²) in [6, 6.07) is 3.26. The zero-order chi connectivity index (χ0) is 9.03. The fraction of sp³-hybridized carbons (Fsp3) is 0.333. The second-order valence-corrected chi connectivity index (χ2v) is 5.06. The summed E-state index contributed by atoms with van der Waals surface area (Å²) in [7, 11) is -3.29. The van der Waals surface area contributed by atoms with Crippen LogP contribution in [0.2, 0.25) is 0 Å². The molecule has 1 heterocycles. The first kappa shape index (κ1) is 12.9. The van der Waals surface area contributed by atoms with Crippen LogP contribution in [0, 0.1) is 0 Å². The fourth-order valence-corrected chi connectivity index (χ4v) is 2.77. The first-order chi connectivity index (χ1) is 5.67. The maximum atomic E-state index is 11.3. The fourth-order valence-electron chi connectivity index (χ4n) is 0.681. The smallest absolute Gasteiger partial charge is 0.250 e. The molecule has 0 unspecified atom stereocenters. The molecule has 4 nitrogen and oxygen atoms in total. The van der Waals surface area contributed by atoms with Crippen LogP contribution in [0.5, 0.6) is 0 Å². The van der Waals surface area contributed by atoms with Crippen molar-refractivity contribution >= 4 is 33.8 Å². The molecule has 0 saturated carbocycles. The van der Waals surface area contributed by atoms with Crippen LogP contribution >= 0.6 is 23.7 Å². The van der Waals surface area contributed by atoms with E-state index in [1.807, 2.05) is 0 Å². The Hall–Kier alpha value is -0.140.